The second kappa shape index (κ2) is 8.80. The van der Waals surface area contributed by atoms with Crippen LogP contribution < -0.4 is 5.32 Å². The van der Waals surface area contributed by atoms with E-state index in [0.717, 1.165) is 27.9 Å². The van der Waals surface area contributed by atoms with Crippen LogP contribution in [0.2, 0.25) is 5.15 Å². The third-order valence-electron chi connectivity index (χ3n) is 5.13. The molecular formula is C25H19ClN6O. The number of anilines is 1. The second-order valence-corrected chi connectivity index (χ2v) is 7.93. The van der Waals surface area contributed by atoms with E-state index >= 15 is 0 Å². The number of hydrogen-bond donors (Lipinski definition) is 1. The zero-order valence-electron chi connectivity index (χ0n) is 17.7. The van der Waals surface area contributed by atoms with E-state index < -0.39 is 0 Å². The van der Waals surface area contributed by atoms with Crippen LogP contribution >= 0.6 is 11.6 Å². The molecule has 0 bridgehead atoms. The molecular weight excluding hydrogens is 436 g/mol. The minimum Gasteiger partial charge on any atom is -0.324 e. The van der Waals surface area contributed by atoms with Crippen LogP contribution in [0.5, 0.6) is 0 Å². The first-order valence-electron chi connectivity index (χ1n) is 10.4. The summed E-state index contributed by atoms with van der Waals surface area (Å²) in [7, 11) is 0. The van der Waals surface area contributed by atoms with Crippen LogP contribution in [0.3, 0.4) is 0 Å². The van der Waals surface area contributed by atoms with Crippen molar-refractivity contribution < 1.29 is 4.79 Å². The third kappa shape index (κ3) is 4.44. The maximum absolute atomic E-state index is 12.7. The van der Waals surface area contributed by atoms with Gasteiger partial charge in [0.1, 0.15) is 5.15 Å². The lowest BCUT2D eigenvalue weighted by Crippen LogP contribution is -2.15. The van der Waals surface area contributed by atoms with Gasteiger partial charge < -0.3 is 5.32 Å². The molecule has 4 aromatic heterocycles. The minimum atomic E-state index is -0.202. The van der Waals surface area contributed by atoms with E-state index in [1.807, 2.05) is 61.5 Å². The Morgan fingerprint density at radius 1 is 1.03 bits per heavy atom. The summed E-state index contributed by atoms with van der Waals surface area (Å²) in [5.41, 5.74) is 4.75. The van der Waals surface area contributed by atoms with Gasteiger partial charge in [-0.25, -0.2) is 14.6 Å². The lowest BCUT2D eigenvalue weighted by Gasteiger charge is -2.09. The molecule has 1 N–H and O–H groups in total. The Kier molecular flexibility index (Phi) is 5.54. The first-order chi connectivity index (χ1) is 16.1. The van der Waals surface area contributed by atoms with Crippen molar-refractivity contribution >= 4 is 34.1 Å². The van der Waals surface area contributed by atoms with Crippen molar-refractivity contribution in [2.75, 3.05) is 5.32 Å². The predicted octanol–water partition coefficient (Wildman–Crippen LogP) is 5.02. The highest BCUT2D eigenvalue weighted by atomic mass is 35.5. The number of para-hydroxylation sites is 1. The van der Waals surface area contributed by atoms with Crippen LogP contribution in [0.15, 0.2) is 79.1 Å². The SMILES string of the molecule is Cc1cccc(-n2nc(CC(=O)Nc3ccc(Cl)nc3)cc2-c2ccnc3ccccc23)n1. The fourth-order valence-electron chi connectivity index (χ4n) is 3.67. The van der Waals surface area contributed by atoms with Crippen molar-refractivity contribution in [2.24, 2.45) is 0 Å². The monoisotopic (exact) mass is 454 g/mol. The van der Waals surface area contributed by atoms with Gasteiger partial charge in [0, 0.05) is 22.8 Å². The lowest BCUT2D eigenvalue weighted by atomic mass is 10.1. The normalized spacial score (nSPS) is 11.0. The number of nitrogens with zero attached hydrogens (tertiary/aromatic N) is 5. The highest BCUT2D eigenvalue weighted by molar-refractivity contribution is 6.29. The fraction of sp³-hybridized carbons (Fsp3) is 0.0800. The number of nitrogens with one attached hydrogen (secondary N) is 1. The maximum atomic E-state index is 12.7. The largest absolute Gasteiger partial charge is 0.324 e. The van der Waals surface area contributed by atoms with Gasteiger partial charge in [0.2, 0.25) is 5.91 Å². The van der Waals surface area contributed by atoms with Gasteiger partial charge in [0.25, 0.3) is 0 Å². The molecule has 0 atom stereocenters. The first kappa shape index (κ1) is 20.8. The summed E-state index contributed by atoms with van der Waals surface area (Å²) in [4.78, 5) is 25.8. The van der Waals surface area contributed by atoms with Gasteiger partial charge in [-0.15, -0.1) is 0 Å². The standard InChI is InChI=1S/C25H19ClN6O/c1-16-5-4-8-24(29-16)32-22(20-11-12-27-21-7-3-2-6-19(20)21)13-18(31-32)14-25(33)30-17-9-10-23(26)28-15-17/h2-13,15H,14H2,1H3,(H,30,33). The van der Waals surface area contributed by atoms with Gasteiger partial charge in [-0.2, -0.15) is 5.10 Å². The van der Waals surface area contributed by atoms with E-state index in [2.05, 4.69) is 20.3 Å². The number of hydrogen-bond acceptors (Lipinski definition) is 5. The zero-order chi connectivity index (χ0) is 22.8. The third-order valence-corrected chi connectivity index (χ3v) is 5.35. The Morgan fingerprint density at radius 2 is 1.91 bits per heavy atom. The highest BCUT2D eigenvalue weighted by Crippen LogP contribution is 2.30. The molecule has 0 aliphatic carbocycles. The van der Waals surface area contributed by atoms with Gasteiger partial charge in [-0.1, -0.05) is 35.9 Å². The first-order valence-corrected chi connectivity index (χ1v) is 10.7. The summed E-state index contributed by atoms with van der Waals surface area (Å²) in [6, 6.07) is 20.9. The van der Waals surface area contributed by atoms with Crippen LogP contribution in [0.4, 0.5) is 5.69 Å². The summed E-state index contributed by atoms with van der Waals surface area (Å²) >= 11 is 5.82. The van der Waals surface area contributed by atoms with Crippen molar-refractivity contribution in [3.05, 3.63) is 95.7 Å². The molecule has 162 valence electrons. The van der Waals surface area contributed by atoms with E-state index in [1.165, 1.54) is 6.20 Å². The highest BCUT2D eigenvalue weighted by Gasteiger charge is 2.17. The molecule has 5 aromatic rings. The molecule has 7 nitrogen and oxygen atoms in total. The number of carbonyl (C=O) groups excluding carboxylic acids is 1. The molecule has 8 heteroatoms. The lowest BCUT2D eigenvalue weighted by molar-refractivity contribution is -0.115. The second-order valence-electron chi connectivity index (χ2n) is 7.54. The molecule has 0 radical (unpaired) electrons. The van der Waals surface area contributed by atoms with Crippen molar-refractivity contribution in [1.29, 1.82) is 0 Å². The molecule has 33 heavy (non-hydrogen) atoms. The van der Waals surface area contributed by atoms with Gasteiger partial charge in [-0.3, -0.25) is 9.78 Å². The van der Waals surface area contributed by atoms with E-state index in [9.17, 15) is 4.79 Å². The molecule has 0 spiro atoms. The Bertz CT molecular complexity index is 1460. The molecule has 0 fully saturated rings. The van der Waals surface area contributed by atoms with Gasteiger partial charge in [0.05, 0.1) is 35.2 Å². The molecule has 4 heterocycles. The summed E-state index contributed by atoms with van der Waals surface area (Å²) in [6.07, 6.45) is 3.39. The Labute approximate surface area is 195 Å². The van der Waals surface area contributed by atoms with Crippen LogP contribution in [0.1, 0.15) is 11.4 Å². The van der Waals surface area contributed by atoms with E-state index in [0.29, 0.717) is 22.4 Å². The quantitative estimate of drug-likeness (QED) is 0.377. The maximum Gasteiger partial charge on any atom is 0.230 e. The predicted molar refractivity (Wildman–Crippen MR) is 128 cm³/mol. The smallest absolute Gasteiger partial charge is 0.230 e. The Morgan fingerprint density at radius 3 is 2.73 bits per heavy atom. The van der Waals surface area contributed by atoms with E-state index in [1.54, 1.807) is 23.0 Å². The summed E-state index contributed by atoms with van der Waals surface area (Å²) in [6.45, 7) is 1.93. The number of amides is 1. The number of fused-ring (bicyclic) bond motifs is 1. The van der Waals surface area contributed by atoms with E-state index in [-0.39, 0.29) is 12.3 Å². The van der Waals surface area contributed by atoms with Crippen LogP contribution in [-0.4, -0.2) is 30.6 Å². The van der Waals surface area contributed by atoms with Crippen molar-refractivity contribution in [1.82, 2.24) is 24.7 Å². The molecule has 0 saturated heterocycles. The topological polar surface area (TPSA) is 85.6 Å². The summed E-state index contributed by atoms with van der Waals surface area (Å²) in [5, 5.41) is 8.93. The fourth-order valence-corrected chi connectivity index (χ4v) is 3.78. The number of aryl methyl sites for hydroxylation is 1. The van der Waals surface area contributed by atoms with Gasteiger partial charge in [0.15, 0.2) is 5.82 Å². The number of benzene rings is 1. The van der Waals surface area contributed by atoms with Crippen molar-refractivity contribution in [2.45, 2.75) is 13.3 Å². The zero-order valence-corrected chi connectivity index (χ0v) is 18.5. The minimum absolute atomic E-state index is 0.0947. The van der Waals surface area contributed by atoms with Gasteiger partial charge in [-0.05, 0) is 49.4 Å². The van der Waals surface area contributed by atoms with Gasteiger partial charge >= 0.3 is 0 Å². The molecule has 0 saturated carbocycles. The molecule has 5 rings (SSSR count). The average Bonchev–Trinajstić information content (AvgIpc) is 3.23. The summed E-state index contributed by atoms with van der Waals surface area (Å²) in [5.74, 6) is 0.478. The van der Waals surface area contributed by atoms with Crippen molar-refractivity contribution in [3.8, 4) is 17.1 Å². The molecule has 1 aromatic carbocycles. The van der Waals surface area contributed by atoms with Crippen LogP contribution in [-0.2, 0) is 11.2 Å². The number of halogens is 1. The van der Waals surface area contributed by atoms with Crippen LogP contribution in [0.25, 0.3) is 28.0 Å². The molecule has 0 aliphatic rings. The molecule has 1 amide bonds. The molecule has 0 unspecified atom stereocenters. The Hall–Kier alpha value is -4.10. The number of aromatic nitrogens is 5. The summed E-state index contributed by atoms with van der Waals surface area (Å²) < 4.78 is 1.78. The average molecular weight is 455 g/mol. The van der Waals surface area contributed by atoms with E-state index in [4.69, 9.17) is 16.7 Å². The van der Waals surface area contributed by atoms with Crippen molar-refractivity contribution in [3.63, 3.8) is 0 Å². The number of pyridine rings is 3. The molecule has 0 aliphatic heterocycles. The van der Waals surface area contributed by atoms with Crippen LogP contribution in [0, 0.1) is 6.92 Å². The Balaban J connectivity index is 1.55. The number of rotatable bonds is 5. The number of carbonyl (C=O) groups is 1.